The van der Waals surface area contributed by atoms with E-state index >= 15 is 0 Å². The number of carbonyl (C=O) groups excluding carboxylic acids is 2. The Hall–Kier alpha value is -3.05. The van der Waals surface area contributed by atoms with Gasteiger partial charge in [-0.1, -0.05) is 6.07 Å². The Balaban J connectivity index is 1.47. The van der Waals surface area contributed by atoms with Crippen molar-refractivity contribution in [3.8, 4) is 5.82 Å². The Kier molecular flexibility index (Phi) is 6.83. The molecule has 2 amide bonds. The minimum atomic E-state index is -1.17. The summed E-state index contributed by atoms with van der Waals surface area (Å²) in [5.74, 6) is -1.02. The number of halogens is 1. The van der Waals surface area contributed by atoms with E-state index in [2.05, 4.69) is 20.7 Å². The van der Waals surface area contributed by atoms with Crippen molar-refractivity contribution < 1.29 is 28.2 Å². The summed E-state index contributed by atoms with van der Waals surface area (Å²) in [5, 5.41) is 9.74. The van der Waals surface area contributed by atoms with Gasteiger partial charge in [0, 0.05) is 19.0 Å². The predicted molar refractivity (Wildman–Crippen MR) is 123 cm³/mol. The minimum Gasteiger partial charge on any atom is -0.444 e. The van der Waals surface area contributed by atoms with Crippen molar-refractivity contribution in [1.82, 2.24) is 25.4 Å². The van der Waals surface area contributed by atoms with E-state index in [0.29, 0.717) is 44.7 Å². The molecule has 10 nitrogen and oxygen atoms in total. The number of nitrogens with zero attached hydrogens (tertiary/aromatic N) is 3. The van der Waals surface area contributed by atoms with Crippen molar-refractivity contribution >= 4 is 12.0 Å². The summed E-state index contributed by atoms with van der Waals surface area (Å²) in [6, 6.07) is 3.08. The topological polar surface area (TPSA) is 117 Å². The molecule has 2 fully saturated rings. The third kappa shape index (κ3) is 5.79. The SMILES string of the molecule is C[C@H](NC(=O)C1(NC(=O)OC(C)(C)C)CCC2(CC1)OCCO2)c1ccc(-n2cc(F)cn2)nc1. The van der Waals surface area contributed by atoms with Gasteiger partial charge in [0.1, 0.15) is 11.1 Å². The third-order valence-electron chi connectivity index (χ3n) is 6.26. The van der Waals surface area contributed by atoms with Crippen molar-refractivity contribution in [2.45, 2.75) is 76.3 Å². The lowest BCUT2D eigenvalue weighted by molar-refractivity contribution is -0.187. The summed E-state index contributed by atoms with van der Waals surface area (Å²) in [6.45, 7) is 8.17. The fraction of sp³-hybridized carbons (Fsp3) is 0.583. The molecule has 1 aliphatic heterocycles. The van der Waals surface area contributed by atoms with Gasteiger partial charge in [-0.3, -0.25) is 4.79 Å². The van der Waals surface area contributed by atoms with Crippen LogP contribution in [0.4, 0.5) is 9.18 Å². The van der Waals surface area contributed by atoms with Gasteiger partial charge < -0.3 is 24.8 Å². The lowest BCUT2D eigenvalue weighted by Gasteiger charge is -2.43. The maximum absolute atomic E-state index is 13.6. The molecule has 1 saturated heterocycles. The number of rotatable bonds is 5. The van der Waals surface area contributed by atoms with Crippen molar-refractivity contribution in [3.05, 3.63) is 42.1 Å². The van der Waals surface area contributed by atoms with Crippen LogP contribution in [-0.2, 0) is 19.0 Å². The highest BCUT2D eigenvalue weighted by molar-refractivity contribution is 5.90. The van der Waals surface area contributed by atoms with E-state index in [1.165, 1.54) is 10.9 Å². The van der Waals surface area contributed by atoms with Gasteiger partial charge in [-0.25, -0.2) is 18.9 Å². The number of carbonyl (C=O) groups is 2. The standard InChI is InChI=1S/C24H32FN5O5/c1-16(17-5-6-19(26-13-17)30-15-18(25)14-27-30)28-20(31)23(29-21(32)35-22(2,3)4)7-9-24(10-8-23)33-11-12-34-24/h5-6,13-16H,7-12H2,1-4H3,(H,28,31)(H,29,32)/t16-/m0/s1. The van der Waals surface area contributed by atoms with Crippen LogP contribution in [-0.4, -0.2) is 56.9 Å². The van der Waals surface area contributed by atoms with Crippen LogP contribution in [0.15, 0.2) is 30.7 Å². The molecule has 2 aliphatic rings. The normalized spacial score (nSPS) is 19.8. The van der Waals surface area contributed by atoms with Crippen LogP contribution < -0.4 is 10.6 Å². The van der Waals surface area contributed by atoms with E-state index in [1.807, 2.05) is 6.92 Å². The first kappa shape index (κ1) is 25.1. The Morgan fingerprint density at radius 1 is 1.14 bits per heavy atom. The van der Waals surface area contributed by atoms with Gasteiger partial charge in [-0.15, -0.1) is 0 Å². The molecule has 0 bridgehead atoms. The Labute approximate surface area is 203 Å². The summed E-state index contributed by atoms with van der Waals surface area (Å²) in [7, 11) is 0. The van der Waals surface area contributed by atoms with Gasteiger partial charge in [0.25, 0.3) is 0 Å². The molecule has 2 aromatic heterocycles. The Morgan fingerprint density at radius 3 is 2.37 bits per heavy atom. The molecule has 0 aromatic carbocycles. The molecule has 1 atom stereocenters. The number of hydrogen-bond acceptors (Lipinski definition) is 7. The molecule has 35 heavy (non-hydrogen) atoms. The molecular formula is C24H32FN5O5. The number of alkyl carbamates (subject to hydrolysis) is 1. The van der Waals surface area contributed by atoms with Gasteiger partial charge in [-0.05, 0) is 52.2 Å². The van der Waals surface area contributed by atoms with Gasteiger partial charge in [0.05, 0.1) is 31.6 Å². The zero-order valence-corrected chi connectivity index (χ0v) is 20.5. The molecule has 0 radical (unpaired) electrons. The van der Waals surface area contributed by atoms with Crippen LogP contribution in [0.2, 0.25) is 0 Å². The highest BCUT2D eigenvalue weighted by Gasteiger charge is 2.51. The smallest absolute Gasteiger partial charge is 0.408 e. The summed E-state index contributed by atoms with van der Waals surface area (Å²) in [6.07, 6.45) is 4.91. The second kappa shape index (κ2) is 9.54. The van der Waals surface area contributed by atoms with Gasteiger partial charge in [0.15, 0.2) is 17.4 Å². The van der Waals surface area contributed by atoms with E-state index in [-0.39, 0.29) is 5.91 Å². The van der Waals surface area contributed by atoms with E-state index in [0.717, 1.165) is 11.8 Å². The van der Waals surface area contributed by atoms with Crippen LogP contribution in [0.3, 0.4) is 0 Å². The maximum Gasteiger partial charge on any atom is 0.408 e. The van der Waals surface area contributed by atoms with E-state index in [1.54, 1.807) is 39.1 Å². The van der Waals surface area contributed by atoms with Gasteiger partial charge in [0.2, 0.25) is 5.91 Å². The second-order valence-corrected chi connectivity index (χ2v) is 10.1. The monoisotopic (exact) mass is 489 g/mol. The van der Waals surface area contributed by atoms with Crippen LogP contribution in [0, 0.1) is 5.82 Å². The fourth-order valence-electron chi connectivity index (χ4n) is 4.38. The van der Waals surface area contributed by atoms with E-state index in [4.69, 9.17) is 14.2 Å². The fourth-order valence-corrected chi connectivity index (χ4v) is 4.38. The molecular weight excluding hydrogens is 457 g/mol. The molecule has 3 heterocycles. The molecule has 190 valence electrons. The number of aromatic nitrogens is 3. The lowest BCUT2D eigenvalue weighted by atomic mass is 9.77. The number of pyridine rings is 1. The first-order chi connectivity index (χ1) is 16.5. The van der Waals surface area contributed by atoms with Crippen LogP contribution >= 0.6 is 0 Å². The first-order valence-corrected chi connectivity index (χ1v) is 11.8. The van der Waals surface area contributed by atoms with Crippen molar-refractivity contribution in [2.75, 3.05) is 13.2 Å². The average molecular weight is 490 g/mol. The zero-order chi connectivity index (χ0) is 25.3. The van der Waals surface area contributed by atoms with Crippen LogP contribution in [0.5, 0.6) is 0 Å². The molecule has 11 heteroatoms. The van der Waals surface area contributed by atoms with Crippen molar-refractivity contribution in [3.63, 3.8) is 0 Å². The molecule has 1 saturated carbocycles. The quantitative estimate of drug-likeness (QED) is 0.663. The van der Waals surface area contributed by atoms with E-state index < -0.39 is 34.9 Å². The highest BCUT2D eigenvalue weighted by Crippen LogP contribution is 2.41. The Morgan fingerprint density at radius 2 is 1.83 bits per heavy atom. The van der Waals surface area contributed by atoms with Crippen molar-refractivity contribution in [2.24, 2.45) is 0 Å². The minimum absolute atomic E-state index is 0.318. The van der Waals surface area contributed by atoms with Crippen LogP contribution in [0.25, 0.3) is 5.82 Å². The molecule has 0 unspecified atom stereocenters. The summed E-state index contributed by atoms with van der Waals surface area (Å²) in [4.78, 5) is 30.5. The highest BCUT2D eigenvalue weighted by atomic mass is 19.1. The predicted octanol–water partition coefficient (Wildman–Crippen LogP) is 3.16. The summed E-state index contributed by atoms with van der Waals surface area (Å²) >= 11 is 0. The number of amides is 2. The van der Waals surface area contributed by atoms with Crippen LogP contribution in [0.1, 0.15) is 65.0 Å². The lowest BCUT2D eigenvalue weighted by Crippen LogP contribution is -2.63. The van der Waals surface area contributed by atoms with Gasteiger partial charge in [-0.2, -0.15) is 5.10 Å². The molecule has 4 rings (SSSR count). The molecule has 2 aromatic rings. The molecule has 1 aliphatic carbocycles. The largest absolute Gasteiger partial charge is 0.444 e. The summed E-state index contributed by atoms with van der Waals surface area (Å²) in [5.41, 5.74) is -1.12. The van der Waals surface area contributed by atoms with E-state index in [9.17, 15) is 14.0 Å². The first-order valence-electron chi connectivity index (χ1n) is 11.8. The Bertz CT molecular complexity index is 1050. The third-order valence-corrected chi connectivity index (χ3v) is 6.26. The average Bonchev–Trinajstić information content (AvgIpc) is 3.44. The molecule has 2 N–H and O–H groups in total. The van der Waals surface area contributed by atoms with Crippen molar-refractivity contribution in [1.29, 1.82) is 0 Å². The number of nitrogens with one attached hydrogen (secondary N) is 2. The maximum atomic E-state index is 13.6. The second-order valence-electron chi connectivity index (χ2n) is 10.1. The number of hydrogen-bond donors (Lipinski definition) is 2. The number of ether oxygens (including phenoxy) is 3. The summed E-state index contributed by atoms with van der Waals surface area (Å²) < 4.78 is 31.6. The van der Waals surface area contributed by atoms with Gasteiger partial charge >= 0.3 is 6.09 Å². The zero-order valence-electron chi connectivity index (χ0n) is 20.5. The molecule has 1 spiro atoms.